The molecule has 4 rings (SSSR count). The highest BCUT2D eigenvalue weighted by molar-refractivity contribution is 6.06. The largest absolute Gasteiger partial charge is 0.454 e. The van der Waals surface area contributed by atoms with Crippen molar-refractivity contribution in [3.63, 3.8) is 0 Å². The van der Waals surface area contributed by atoms with Crippen LogP contribution in [0.2, 0.25) is 0 Å². The molecule has 0 bridgehead atoms. The number of carbonyl (C=O) groups is 2. The van der Waals surface area contributed by atoms with Crippen LogP contribution in [0.5, 0.6) is 0 Å². The maximum Gasteiger partial charge on any atom is 0.339 e. The summed E-state index contributed by atoms with van der Waals surface area (Å²) in [4.78, 5) is 31.4. The summed E-state index contributed by atoms with van der Waals surface area (Å²) in [6.07, 6.45) is 2.68. The van der Waals surface area contributed by atoms with E-state index in [1.54, 1.807) is 7.11 Å². The van der Waals surface area contributed by atoms with Crippen LogP contribution in [-0.2, 0) is 28.9 Å². The van der Waals surface area contributed by atoms with E-state index in [1.165, 1.54) is 0 Å². The molecule has 2 heterocycles. The van der Waals surface area contributed by atoms with E-state index >= 15 is 0 Å². The minimum atomic E-state index is -0.448. The summed E-state index contributed by atoms with van der Waals surface area (Å²) in [7, 11) is 1.66. The second-order valence-electron chi connectivity index (χ2n) is 10.7. The SMILES string of the molecule is COCCn1c(C)cc(C(=O)COC(=O)c2c3c(nc4ccccc24)CC[C@H](C(C)(C)C)C3)c1C. The van der Waals surface area contributed by atoms with Crippen LogP contribution in [0.1, 0.15) is 70.6 Å². The van der Waals surface area contributed by atoms with E-state index in [1.807, 2.05) is 44.2 Å². The first-order chi connectivity index (χ1) is 16.6. The average Bonchev–Trinajstić information content (AvgIpc) is 3.11. The Bertz CT molecular complexity index is 1270. The minimum absolute atomic E-state index is 0.131. The summed E-state index contributed by atoms with van der Waals surface area (Å²) >= 11 is 0. The normalized spacial score (nSPS) is 15.8. The van der Waals surface area contributed by atoms with E-state index in [0.29, 0.717) is 30.2 Å². The van der Waals surface area contributed by atoms with Gasteiger partial charge in [-0.05, 0) is 62.1 Å². The van der Waals surface area contributed by atoms with E-state index in [-0.39, 0.29) is 17.8 Å². The van der Waals surface area contributed by atoms with Crippen LogP contribution in [0.3, 0.4) is 0 Å². The van der Waals surface area contributed by atoms with Crippen molar-refractivity contribution in [1.82, 2.24) is 9.55 Å². The molecule has 0 spiro atoms. The molecule has 1 aliphatic rings. The van der Waals surface area contributed by atoms with Crippen molar-refractivity contribution in [2.24, 2.45) is 11.3 Å². The lowest BCUT2D eigenvalue weighted by atomic mass is 9.70. The fourth-order valence-corrected chi connectivity index (χ4v) is 5.25. The number of aryl methyl sites for hydroxylation is 2. The lowest BCUT2D eigenvalue weighted by Crippen LogP contribution is -2.29. The Morgan fingerprint density at radius 2 is 1.91 bits per heavy atom. The average molecular weight is 477 g/mol. The number of ether oxygens (including phenoxy) is 2. The molecule has 1 atom stereocenters. The van der Waals surface area contributed by atoms with Crippen LogP contribution in [0, 0.1) is 25.2 Å². The van der Waals surface area contributed by atoms with Crippen LogP contribution in [0.25, 0.3) is 10.9 Å². The van der Waals surface area contributed by atoms with Crippen LogP contribution in [0.15, 0.2) is 30.3 Å². The molecule has 0 radical (unpaired) electrons. The van der Waals surface area contributed by atoms with Gasteiger partial charge in [0.1, 0.15) is 0 Å². The third kappa shape index (κ3) is 5.03. The molecule has 0 unspecified atom stereocenters. The second-order valence-corrected chi connectivity index (χ2v) is 10.7. The highest BCUT2D eigenvalue weighted by Gasteiger charge is 2.33. The van der Waals surface area contributed by atoms with Gasteiger partial charge in [-0.1, -0.05) is 39.0 Å². The van der Waals surface area contributed by atoms with Crippen molar-refractivity contribution in [1.29, 1.82) is 0 Å². The van der Waals surface area contributed by atoms with Crippen molar-refractivity contribution in [3.05, 3.63) is 64.1 Å². The van der Waals surface area contributed by atoms with Gasteiger partial charge >= 0.3 is 5.97 Å². The Morgan fingerprint density at radius 3 is 2.63 bits per heavy atom. The molecule has 35 heavy (non-hydrogen) atoms. The number of hydrogen-bond acceptors (Lipinski definition) is 5. The third-order valence-electron chi connectivity index (χ3n) is 7.42. The van der Waals surface area contributed by atoms with E-state index in [9.17, 15) is 9.59 Å². The van der Waals surface area contributed by atoms with E-state index in [2.05, 4.69) is 25.3 Å². The molecule has 0 aliphatic heterocycles. The molecule has 186 valence electrons. The molecule has 2 aromatic heterocycles. The van der Waals surface area contributed by atoms with Gasteiger partial charge in [0.15, 0.2) is 6.61 Å². The molecule has 0 fully saturated rings. The van der Waals surface area contributed by atoms with Gasteiger partial charge in [0.25, 0.3) is 0 Å². The smallest absolute Gasteiger partial charge is 0.339 e. The molecule has 6 heteroatoms. The van der Waals surface area contributed by atoms with E-state index < -0.39 is 5.97 Å². The summed E-state index contributed by atoms with van der Waals surface area (Å²) in [6.45, 7) is 11.6. The summed E-state index contributed by atoms with van der Waals surface area (Å²) in [5.41, 5.74) is 5.87. The van der Waals surface area contributed by atoms with Crippen molar-refractivity contribution >= 4 is 22.7 Å². The van der Waals surface area contributed by atoms with Gasteiger partial charge in [-0.15, -0.1) is 0 Å². The van der Waals surface area contributed by atoms with Crippen LogP contribution >= 0.6 is 0 Å². The monoisotopic (exact) mass is 476 g/mol. The number of pyridine rings is 1. The highest BCUT2D eigenvalue weighted by atomic mass is 16.5. The summed E-state index contributed by atoms with van der Waals surface area (Å²) < 4.78 is 12.9. The molecular weight excluding hydrogens is 440 g/mol. The molecule has 3 aromatic rings. The summed E-state index contributed by atoms with van der Waals surface area (Å²) in [6, 6.07) is 9.56. The molecule has 0 N–H and O–H groups in total. The number of carbonyl (C=O) groups excluding carboxylic acids is 2. The maximum atomic E-state index is 13.5. The van der Waals surface area contributed by atoms with Gasteiger partial charge in [-0.2, -0.15) is 0 Å². The predicted molar refractivity (Wildman–Crippen MR) is 137 cm³/mol. The fraction of sp³-hybridized carbons (Fsp3) is 0.483. The first-order valence-electron chi connectivity index (χ1n) is 12.4. The van der Waals surface area contributed by atoms with Gasteiger partial charge in [-0.3, -0.25) is 9.78 Å². The van der Waals surface area contributed by atoms with Crippen molar-refractivity contribution in [2.75, 3.05) is 20.3 Å². The van der Waals surface area contributed by atoms with Crippen molar-refractivity contribution in [3.8, 4) is 0 Å². The Hall–Kier alpha value is -2.99. The van der Waals surface area contributed by atoms with Gasteiger partial charge < -0.3 is 14.0 Å². The first-order valence-corrected chi connectivity index (χ1v) is 12.4. The van der Waals surface area contributed by atoms with Gasteiger partial charge in [0.2, 0.25) is 5.78 Å². The Kier molecular flexibility index (Phi) is 7.13. The minimum Gasteiger partial charge on any atom is -0.454 e. The molecule has 0 amide bonds. The predicted octanol–water partition coefficient (Wildman–Crippen LogP) is 5.49. The zero-order valence-electron chi connectivity index (χ0n) is 21.7. The van der Waals surface area contributed by atoms with E-state index in [4.69, 9.17) is 14.5 Å². The number of aromatic nitrogens is 2. The first kappa shape index (κ1) is 25.1. The van der Waals surface area contributed by atoms with Gasteiger partial charge in [-0.25, -0.2) is 4.79 Å². The number of fused-ring (bicyclic) bond motifs is 2. The molecule has 1 aliphatic carbocycles. The Labute approximate surface area is 207 Å². The summed E-state index contributed by atoms with van der Waals surface area (Å²) in [5.74, 6) is -0.200. The van der Waals surface area contributed by atoms with E-state index in [0.717, 1.165) is 52.8 Å². The Balaban J connectivity index is 1.62. The number of nitrogens with zero attached hydrogens (tertiary/aromatic N) is 2. The van der Waals surface area contributed by atoms with Crippen LogP contribution in [-0.4, -0.2) is 41.6 Å². The van der Waals surface area contributed by atoms with Crippen molar-refractivity contribution < 1.29 is 19.1 Å². The van der Waals surface area contributed by atoms with Gasteiger partial charge in [0.05, 0.1) is 17.7 Å². The lowest BCUT2D eigenvalue weighted by molar-refractivity contribution is 0.0474. The molecule has 1 aromatic carbocycles. The number of benzene rings is 1. The van der Waals surface area contributed by atoms with Crippen LogP contribution in [0.4, 0.5) is 0 Å². The zero-order chi connectivity index (χ0) is 25.3. The number of Topliss-reactive ketones (excluding diaryl/α,β-unsaturated/α-hetero) is 1. The number of ketones is 1. The molecular formula is C29H36N2O4. The zero-order valence-corrected chi connectivity index (χ0v) is 21.7. The molecule has 0 saturated heterocycles. The highest BCUT2D eigenvalue weighted by Crippen LogP contribution is 2.39. The number of para-hydroxylation sites is 1. The quantitative estimate of drug-likeness (QED) is 0.333. The maximum absolute atomic E-state index is 13.5. The third-order valence-corrected chi connectivity index (χ3v) is 7.42. The summed E-state index contributed by atoms with van der Waals surface area (Å²) in [5, 5.41) is 0.788. The number of esters is 1. The number of rotatable bonds is 7. The fourth-order valence-electron chi connectivity index (χ4n) is 5.25. The number of hydrogen-bond donors (Lipinski definition) is 0. The standard InChI is InChI=1S/C29H36N2O4/c1-18-15-22(19(2)31(18)13-14-34-6)26(32)17-35-28(33)27-21-9-7-8-10-24(21)30-25-12-11-20(16-23(25)27)29(3,4)5/h7-10,15,20H,11-14,16-17H2,1-6H3/t20-/m0/s1. The Morgan fingerprint density at radius 1 is 1.17 bits per heavy atom. The molecule has 6 nitrogen and oxygen atoms in total. The van der Waals surface area contributed by atoms with Crippen LogP contribution < -0.4 is 0 Å². The lowest BCUT2D eigenvalue weighted by Gasteiger charge is -2.35. The van der Waals surface area contributed by atoms with Crippen molar-refractivity contribution in [2.45, 2.75) is 60.4 Å². The number of methoxy groups -OCH3 is 1. The molecule has 0 saturated carbocycles. The second kappa shape index (κ2) is 9.94. The van der Waals surface area contributed by atoms with Gasteiger partial charge in [0, 0.05) is 41.7 Å². The topological polar surface area (TPSA) is 70.4 Å².